The average molecular weight is 796 g/mol. The number of nitrogens with zero attached hydrogens (tertiary/aromatic N) is 1. The maximum absolute atomic E-state index is 12.7. The summed E-state index contributed by atoms with van der Waals surface area (Å²) in [7, 11) is 5.91. The van der Waals surface area contributed by atoms with E-state index >= 15 is 0 Å². The van der Waals surface area contributed by atoms with Gasteiger partial charge in [0.25, 0.3) is 0 Å². The van der Waals surface area contributed by atoms with Crippen molar-refractivity contribution in [3.05, 3.63) is 12.2 Å². The fourth-order valence-corrected chi connectivity index (χ4v) is 6.59. The third-order valence-electron chi connectivity index (χ3n) is 10.3. The molecule has 0 rings (SSSR count). The van der Waals surface area contributed by atoms with Gasteiger partial charge in [0.05, 0.1) is 40.3 Å². The van der Waals surface area contributed by atoms with Crippen molar-refractivity contribution in [1.82, 2.24) is 0 Å². The molecule has 0 N–H and O–H groups in total. The molecule has 0 aliphatic rings. The number of carbonyl (C=O) groups is 3. The normalized spacial score (nSPS) is 12.9. The first-order chi connectivity index (χ1) is 27.1. The quantitative estimate of drug-likeness (QED) is 0.0197. The summed E-state index contributed by atoms with van der Waals surface area (Å²) in [5.74, 6) is -2.28. The summed E-state index contributed by atoms with van der Waals surface area (Å²) in [5.41, 5.74) is 0. The van der Waals surface area contributed by atoms with Gasteiger partial charge in [-0.3, -0.25) is 9.59 Å². The Bertz CT molecular complexity index is 934. The lowest BCUT2D eigenvalue weighted by molar-refractivity contribution is -0.870. The first kappa shape index (κ1) is 54.0. The van der Waals surface area contributed by atoms with E-state index in [1.54, 1.807) is 0 Å². The van der Waals surface area contributed by atoms with Gasteiger partial charge in [0.2, 0.25) is 0 Å². The lowest BCUT2D eigenvalue weighted by Gasteiger charge is -2.26. The van der Waals surface area contributed by atoms with Gasteiger partial charge in [0, 0.05) is 12.8 Å². The van der Waals surface area contributed by atoms with Crippen LogP contribution in [0.2, 0.25) is 0 Å². The highest BCUT2D eigenvalue weighted by Crippen LogP contribution is 2.15. The van der Waals surface area contributed by atoms with Crippen LogP contribution in [0.3, 0.4) is 0 Å². The Labute approximate surface area is 345 Å². The molecule has 0 aromatic heterocycles. The summed E-state index contributed by atoms with van der Waals surface area (Å²) in [6.07, 6.45) is 38.0. The average Bonchev–Trinajstić information content (AvgIpc) is 3.15. The smallest absolute Gasteiger partial charge is 0.306 e. The number of hydrogen-bond donors (Lipinski definition) is 0. The van der Waals surface area contributed by atoms with Crippen molar-refractivity contribution in [2.45, 2.75) is 225 Å². The van der Waals surface area contributed by atoms with E-state index < -0.39 is 24.3 Å². The Morgan fingerprint density at radius 3 is 1.32 bits per heavy atom. The molecule has 0 aliphatic heterocycles. The molecule has 0 aromatic rings. The lowest BCUT2D eigenvalue weighted by atomic mass is 10.0. The van der Waals surface area contributed by atoms with Crippen molar-refractivity contribution in [3.8, 4) is 0 Å². The summed E-state index contributed by atoms with van der Waals surface area (Å²) in [6.45, 7) is 4.75. The molecule has 0 aliphatic carbocycles. The fourth-order valence-electron chi connectivity index (χ4n) is 6.59. The molecule has 0 bridgehead atoms. The van der Waals surface area contributed by atoms with Gasteiger partial charge < -0.3 is 33.3 Å². The summed E-state index contributed by atoms with van der Waals surface area (Å²) in [4.78, 5) is 37.0. The summed E-state index contributed by atoms with van der Waals surface area (Å²) < 4.78 is 22.6. The van der Waals surface area contributed by atoms with Crippen molar-refractivity contribution in [1.29, 1.82) is 0 Å². The number of aliphatic carboxylic acids is 1. The molecule has 0 heterocycles. The van der Waals surface area contributed by atoms with Crippen LogP contribution in [0, 0.1) is 0 Å². The molecule has 0 aromatic carbocycles. The van der Waals surface area contributed by atoms with Crippen LogP contribution in [0.1, 0.15) is 213 Å². The van der Waals surface area contributed by atoms with E-state index in [9.17, 15) is 19.5 Å². The lowest BCUT2D eigenvalue weighted by Crippen LogP contribution is -2.44. The highest BCUT2D eigenvalue weighted by molar-refractivity contribution is 5.70. The Morgan fingerprint density at radius 1 is 0.518 bits per heavy atom. The minimum atomic E-state index is -1.62. The zero-order chi connectivity index (χ0) is 41.4. The van der Waals surface area contributed by atoms with Crippen LogP contribution in [0.25, 0.3) is 0 Å². The maximum atomic E-state index is 12.7. The van der Waals surface area contributed by atoms with Gasteiger partial charge in [0.15, 0.2) is 12.4 Å². The van der Waals surface area contributed by atoms with E-state index in [-0.39, 0.29) is 32.2 Å². The number of ether oxygens (including phenoxy) is 4. The predicted octanol–water partition coefficient (Wildman–Crippen LogP) is 10.9. The van der Waals surface area contributed by atoms with E-state index in [2.05, 4.69) is 26.0 Å². The molecule has 0 spiro atoms. The van der Waals surface area contributed by atoms with Gasteiger partial charge in [0.1, 0.15) is 13.2 Å². The van der Waals surface area contributed by atoms with Gasteiger partial charge in [-0.1, -0.05) is 174 Å². The van der Waals surface area contributed by atoms with Crippen molar-refractivity contribution >= 4 is 17.9 Å². The summed E-state index contributed by atoms with van der Waals surface area (Å²) in [6, 6.07) is 0. The Hall–Kier alpha value is -1.97. The monoisotopic (exact) mass is 796 g/mol. The number of carboxylic acid groups (broad SMARTS) is 1. The second-order valence-electron chi connectivity index (χ2n) is 17.1. The van der Waals surface area contributed by atoms with Gasteiger partial charge in [-0.2, -0.15) is 0 Å². The van der Waals surface area contributed by atoms with E-state index in [4.69, 9.17) is 18.9 Å². The predicted molar refractivity (Wildman–Crippen MR) is 228 cm³/mol. The molecule has 0 amide bonds. The largest absolute Gasteiger partial charge is 0.545 e. The molecule has 2 atom stereocenters. The van der Waals surface area contributed by atoms with Crippen LogP contribution >= 0.6 is 0 Å². The van der Waals surface area contributed by atoms with Crippen LogP contribution in [0.4, 0.5) is 0 Å². The third kappa shape index (κ3) is 40.2. The number of likely N-dealkylation sites (N-methyl/N-ethyl adjacent to an activating group) is 1. The Morgan fingerprint density at radius 2 is 0.911 bits per heavy atom. The minimum Gasteiger partial charge on any atom is -0.545 e. The van der Waals surface area contributed by atoms with Crippen LogP contribution in [0.15, 0.2) is 12.2 Å². The number of hydrogen-bond acceptors (Lipinski definition) is 8. The molecule has 0 radical (unpaired) electrons. The highest BCUT2D eigenvalue weighted by Gasteiger charge is 2.21. The minimum absolute atomic E-state index is 0.149. The summed E-state index contributed by atoms with van der Waals surface area (Å²) in [5, 5.41) is 11.7. The van der Waals surface area contributed by atoms with E-state index in [0.717, 1.165) is 51.4 Å². The van der Waals surface area contributed by atoms with Crippen molar-refractivity contribution in [3.63, 3.8) is 0 Å². The standard InChI is InChI=1S/C47H89NO8/c1-6-8-10-12-14-16-18-20-22-24-26-28-30-32-34-36-38-45(50)56-43(42-55-47(46(51)52)53-40-39-48(3,4)5)41-54-44(49)37-35-33-31-29-27-25-23-21-19-17-15-13-11-9-7-2/h22,24,43,47H,6-21,23,25-42H2,1-5H3/b24-22-. The van der Waals surface area contributed by atoms with Gasteiger partial charge in [-0.15, -0.1) is 0 Å². The highest BCUT2D eigenvalue weighted by atomic mass is 16.7. The Kier molecular flexibility index (Phi) is 38.4. The second kappa shape index (κ2) is 39.8. The zero-order valence-corrected chi connectivity index (χ0v) is 37.3. The molecule has 2 unspecified atom stereocenters. The van der Waals surface area contributed by atoms with Crippen molar-refractivity contribution < 1.29 is 42.9 Å². The van der Waals surface area contributed by atoms with E-state index in [1.165, 1.54) is 128 Å². The van der Waals surface area contributed by atoms with Crippen LogP contribution in [-0.2, 0) is 33.3 Å². The topological polar surface area (TPSA) is 111 Å². The first-order valence-electron chi connectivity index (χ1n) is 23.3. The van der Waals surface area contributed by atoms with E-state index in [0.29, 0.717) is 23.9 Å². The van der Waals surface area contributed by atoms with Gasteiger partial charge >= 0.3 is 11.9 Å². The summed E-state index contributed by atoms with van der Waals surface area (Å²) >= 11 is 0. The number of unbranched alkanes of at least 4 members (excludes halogenated alkanes) is 26. The number of carbonyl (C=O) groups excluding carboxylic acids is 3. The molecule has 0 fully saturated rings. The van der Waals surface area contributed by atoms with Crippen molar-refractivity contribution in [2.75, 3.05) is 47.5 Å². The van der Waals surface area contributed by atoms with Crippen LogP contribution in [-0.4, -0.2) is 82.3 Å². The zero-order valence-electron chi connectivity index (χ0n) is 37.3. The third-order valence-corrected chi connectivity index (χ3v) is 10.3. The number of carboxylic acids is 1. The van der Waals surface area contributed by atoms with Crippen molar-refractivity contribution in [2.24, 2.45) is 0 Å². The van der Waals surface area contributed by atoms with E-state index in [1.807, 2.05) is 21.1 Å². The first-order valence-corrected chi connectivity index (χ1v) is 23.3. The van der Waals surface area contributed by atoms with Gasteiger partial charge in [-0.25, -0.2) is 0 Å². The van der Waals surface area contributed by atoms with Crippen LogP contribution < -0.4 is 5.11 Å². The van der Waals surface area contributed by atoms with Gasteiger partial charge in [-0.05, 0) is 38.5 Å². The molecule has 0 saturated carbocycles. The molecule has 9 nitrogen and oxygen atoms in total. The second-order valence-corrected chi connectivity index (χ2v) is 17.1. The maximum Gasteiger partial charge on any atom is 0.306 e. The molecule has 0 saturated heterocycles. The van der Waals surface area contributed by atoms with Crippen LogP contribution in [0.5, 0.6) is 0 Å². The number of allylic oxidation sites excluding steroid dienone is 2. The number of quaternary nitrogens is 1. The molecule has 9 heteroatoms. The molecular weight excluding hydrogens is 707 g/mol. The number of rotatable bonds is 43. The Balaban J connectivity index is 4.41. The molecular formula is C47H89NO8. The molecule has 56 heavy (non-hydrogen) atoms. The molecule has 330 valence electrons. The SMILES string of the molecule is CCCCCCCCC/C=C\CCCCCCCC(=O)OC(COC(=O)CCCCCCCCCCCCCCCCC)COC(OCC[N+](C)(C)C)C(=O)[O-]. The number of esters is 2. The fraction of sp³-hybridized carbons (Fsp3) is 0.894.